The van der Waals surface area contributed by atoms with Gasteiger partial charge in [0.2, 0.25) is 0 Å². The lowest BCUT2D eigenvalue weighted by molar-refractivity contribution is 0.415. The highest BCUT2D eigenvalue weighted by Gasteiger charge is 2.25. The van der Waals surface area contributed by atoms with E-state index in [1.807, 2.05) is 23.0 Å². The topological polar surface area (TPSA) is 66.7 Å². The summed E-state index contributed by atoms with van der Waals surface area (Å²) in [5, 5.41) is 11.3. The molecule has 7 nitrogen and oxygen atoms in total. The maximum absolute atomic E-state index is 5.51. The second-order valence-electron chi connectivity index (χ2n) is 7.14. The Morgan fingerprint density at radius 2 is 2.17 bits per heavy atom. The number of halogens is 1. The van der Waals surface area contributed by atoms with Crippen LogP contribution in [-0.4, -0.2) is 55.1 Å². The first-order valence-electron chi connectivity index (χ1n) is 10.1. The Bertz CT molecular complexity index is 778. The molecule has 1 aromatic heterocycles. The molecule has 3 rings (SSSR count). The van der Waals surface area contributed by atoms with Gasteiger partial charge in [-0.15, -0.1) is 24.0 Å². The van der Waals surface area contributed by atoms with Gasteiger partial charge in [-0.25, -0.2) is 0 Å². The molecule has 2 aromatic rings. The molecule has 1 atom stereocenters. The molecule has 8 heteroatoms. The van der Waals surface area contributed by atoms with E-state index in [2.05, 4.69) is 52.8 Å². The van der Waals surface area contributed by atoms with Crippen LogP contribution in [0, 0.1) is 6.92 Å². The zero-order valence-electron chi connectivity index (χ0n) is 17.6. The van der Waals surface area contributed by atoms with Crippen molar-refractivity contribution in [3.8, 4) is 5.75 Å². The Hall–Kier alpha value is -1.97. The number of para-hydroxylation sites is 2. The second-order valence-corrected chi connectivity index (χ2v) is 7.14. The Morgan fingerprint density at radius 3 is 2.90 bits per heavy atom. The van der Waals surface area contributed by atoms with E-state index in [0.717, 1.165) is 63.0 Å². The summed E-state index contributed by atoms with van der Waals surface area (Å²) in [6.07, 6.45) is 6.01. The van der Waals surface area contributed by atoms with Crippen molar-refractivity contribution >= 4 is 35.6 Å². The molecule has 1 saturated heterocycles. The van der Waals surface area contributed by atoms with Gasteiger partial charge in [-0.3, -0.25) is 9.67 Å². The number of hydrogen-bond donors (Lipinski definition) is 2. The predicted octanol–water partition coefficient (Wildman–Crippen LogP) is 3.04. The monoisotopic (exact) mass is 512 g/mol. The number of rotatable bonds is 8. The van der Waals surface area contributed by atoms with Crippen molar-refractivity contribution in [2.24, 2.45) is 4.99 Å². The third kappa shape index (κ3) is 6.80. The number of ether oxygens (including phenoxy) is 1. The molecule has 1 aliphatic rings. The number of methoxy groups -OCH3 is 1. The van der Waals surface area contributed by atoms with Crippen molar-refractivity contribution in [3.63, 3.8) is 0 Å². The van der Waals surface area contributed by atoms with Crippen LogP contribution < -0.4 is 20.3 Å². The maximum Gasteiger partial charge on any atom is 0.191 e. The van der Waals surface area contributed by atoms with E-state index in [9.17, 15) is 0 Å². The maximum atomic E-state index is 5.51. The molecule has 1 aromatic carbocycles. The Balaban J connectivity index is 0.00000300. The lowest BCUT2D eigenvalue weighted by Crippen LogP contribution is -2.44. The van der Waals surface area contributed by atoms with E-state index in [1.54, 1.807) is 7.11 Å². The summed E-state index contributed by atoms with van der Waals surface area (Å²) in [7, 11) is 1.73. The number of hydrogen-bond acceptors (Lipinski definition) is 4. The summed E-state index contributed by atoms with van der Waals surface area (Å²) in [6.45, 7) is 8.63. The van der Waals surface area contributed by atoms with Crippen LogP contribution in [-0.2, 0) is 6.54 Å². The highest BCUT2D eigenvalue weighted by atomic mass is 127. The fourth-order valence-electron chi connectivity index (χ4n) is 3.51. The molecule has 29 heavy (non-hydrogen) atoms. The number of nitrogens with one attached hydrogen (secondary N) is 2. The number of guanidine groups is 1. The summed E-state index contributed by atoms with van der Waals surface area (Å²) in [6, 6.07) is 8.58. The molecule has 2 N–H and O–H groups in total. The van der Waals surface area contributed by atoms with Gasteiger partial charge in [0.05, 0.1) is 19.0 Å². The lowest BCUT2D eigenvalue weighted by atomic mass is 10.2. The minimum absolute atomic E-state index is 0. The molecule has 1 unspecified atom stereocenters. The molecule has 0 aliphatic carbocycles. The van der Waals surface area contributed by atoms with Gasteiger partial charge in [0.25, 0.3) is 0 Å². The van der Waals surface area contributed by atoms with Crippen molar-refractivity contribution < 1.29 is 4.74 Å². The van der Waals surface area contributed by atoms with Crippen LogP contribution in [0.5, 0.6) is 5.75 Å². The SMILES string of the molecule is CCNC(=NCCCn1cc(C)cn1)NC1CCN(c2ccccc2OC)C1.I. The highest BCUT2D eigenvalue weighted by molar-refractivity contribution is 14.0. The standard InChI is InChI=1S/C21H32N6O.HI/c1-4-22-21(23-11-7-12-27-15-17(2)14-24-27)25-18-10-13-26(16-18)19-8-5-6-9-20(19)28-3;/h5-6,8-9,14-15,18H,4,7,10-13,16H2,1-3H3,(H2,22,23,25);1H. The van der Waals surface area contributed by atoms with Crippen LogP contribution in [0.2, 0.25) is 0 Å². The molecular weight excluding hydrogens is 479 g/mol. The largest absolute Gasteiger partial charge is 0.495 e. The number of aliphatic imine (C=N–C) groups is 1. The molecule has 0 bridgehead atoms. The Kier molecular flexibility index (Phi) is 9.56. The summed E-state index contributed by atoms with van der Waals surface area (Å²) in [4.78, 5) is 7.12. The molecular formula is C21H33IN6O. The van der Waals surface area contributed by atoms with Gasteiger partial charge in [0.1, 0.15) is 5.75 Å². The van der Waals surface area contributed by atoms with E-state index in [-0.39, 0.29) is 24.0 Å². The van der Waals surface area contributed by atoms with Crippen LogP contribution in [0.4, 0.5) is 5.69 Å². The van der Waals surface area contributed by atoms with E-state index in [1.165, 1.54) is 5.56 Å². The van der Waals surface area contributed by atoms with E-state index >= 15 is 0 Å². The normalized spacial score (nSPS) is 16.4. The molecule has 0 amide bonds. The fourth-order valence-corrected chi connectivity index (χ4v) is 3.51. The van der Waals surface area contributed by atoms with Crippen LogP contribution >= 0.6 is 24.0 Å². The molecule has 0 saturated carbocycles. The first-order valence-corrected chi connectivity index (χ1v) is 10.1. The van der Waals surface area contributed by atoms with E-state index in [0.29, 0.717) is 6.04 Å². The summed E-state index contributed by atoms with van der Waals surface area (Å²) >= 11 is 0. The average Bonchev–Trinajstić information content (AvgIpc) is 3.34. The Morgan fingerprint density at radius 1 is 1.34 bits per heavy atom. The van der Waals surface area contributed by atoms with Gasteiger partial charge in [0.15, 0.2) is 5.96 Å². The minimum atomic E-state index is 0. The minimum Gasteiger partial charge on any atom is -0.495 e. The zero-order chi connectivity index (χ0) is 19.8. The summed E-state index contributed by atoms with van der Waals surface area (Å²) < 4.78 is 7.49. The van der Waals surface area contributed by atoms with Gasteiger partial charge in [-0.1, -0.05) is 12.1 Å². The van der Waals surface area contributed by atoms with Crippen molar-refractivity contribution in [3.05, 3.63) is 42.2 Å². The second kappa shape index (κ2) is 11.9. The van der Waals surface area contributed by atoms with Crippen LogP contribution in [0.25, 0.3) is 0 Å². The first-order chi connectivity index (χ1) is 13.7. The highest BCUT2D eigenvalue weighted by Crippen LogP contribution is 2.30. The molecule has 1 fully saturated rings. The molecule has 160 valence electrons. The van der Waals surface area contributed by atoms with Gasteiger partial charge < -0.3 is 20.3 Å². The molecule has 0 radical (unpaired) electrons. The molecule has 1 aliphatic heterocycles. The summed E-state index contributed by atoms with van der Waals surface area (Å²) in [5.74, 6) is 1.82. The molecule has 2 heterocycles. The predicted molar refractivity (Wildman–Crippen MR) is 130 cm³/mol. The Labute approximate surface area is 190 Å². The summed E-state index contributed by atoms with van der Waals surface area (Å²) in [5.41, 5.74) is 2.35. The van der Waals surface area contributed by atoms with Gasteiger partial charge >= 0.3 is 0 Å². The number of aryl methyl sites for hydroxylation is 2. The van der Waals surface area contributed by atoms with Gasteiger partial charge in [-0.05, 0) is 44.4 Å². The van der Waals surface area contributed by atoms with E-state index in [4.69, 9.17) is 9.73 Å². The molecule has 0 spiro atoms. The van der Waals surface area contributed by atoms with Crippen molar-refractivity contribution in [2.75, 3.05) is 38.2 Å². The average molecular weight is 512 g/mol. The number of nitrogens with zero attached hydrogens (tertiary/aromatic N) is 4. The van der Waals surface area contributed by atoms with Gasteiger partial charge in [-0.2, -0.15) is 5.10 Å². The fraction of sp³-hybridized carbons (Fsp3) is 0.524. The van der Waals surface area contributed by atoms with Crippen molar-refractivity contribution in [1.29, 1.82) is 0 Å². The van der Waals surface area contributed by atoms with Crippen molar-refractivity contribution in [1.82, 2.24) is 20.4 Å². The number of aromatic nitrogens is 2. The smallest absolute Gasteiger partial charge is 0.191 e. The zero-order valence-corrected chi connectivity index (χ0v) is 19.9. The van der Waals surface area contributed by atoms with Crippen LogP contribution in [0.3, 0.4) is 0 Å². The van der Waals surface area contributed by atoms with Crippen LogP contribution in [0.1, 0.15) is 25.3 Å². The van der Waals surface area contributed by atoms with Gasteiger partial charge in [0, 0.05) is 45.0 Å². The van der Waals surface area contributed by atoms with E-state index < -0.39 is 0 Å². The third-order valence-electron chi connectivity index (χ3n) is 4.88. The third-order valence-corrected chi connectivity index (χ3v) is 4.88. The number of anilines is 1. The van der Waals surface area contributed by atoms with Crippen LogP contribution in [0.15, 0.2) is 41.7 Å². The lowest BCUT2D eigenvalue weighted by Gasteiger charge is -2.22. The van der Waals surface area contributed by atoms with Crippen molar-refractivity contribution in [2.45, 2.75) is 39.3 Å². The number of benzene rings is 1. The first kappa shape index (κ1) is 23.3. The quantitative estimate of drug-likeness (QED) is 0.247.